The molecule has 0 saturated heterocycles. The summed E-state index contributed by atoms with van der Waals surface area (Å²) in [4.78, 5) is 16.0. The lowest BCUT2D eigenvalue weighted by molar-refractivity contribution is -0.222. The van der Waals surface area contributed by atoms with E-state index >= 15 is 0 Å². The lowest BCUT2D eigenvalue weighted by atomic mass is 9.99. The van der Waals surface area contributed by atoms with Crippen molar-refractivity contribution in [1.82, 2.24) is 10.3 Å². The zero-order valence-electron chi connectivity index (χ0n) is 20.2. The lowest BCUT2D eigenvalue weighted by Crippen LogP contribution is -2.52. The fourth-order valence-electron chi connectivity index (χ4n) is 3.57. The van der Waals surface area contributed by atoms with Gasteiger partial charge in [-0.2, -0.15) is 0 Å². The normalized spacial score (nSPS) is 12.0. The molecule has 0 radical (unpaired) electrons. The van der Waals surface area contributed by atoms with Crippen LogP contribution in [0.15, 0.2) is 0 Å². The summed E-state index contributed by atoms with van der Waals surface area (Å²) in [7, 11) is 0. The van der Waals surface area contributed by atoms with Crippen LogP contribution in [-0.4, -0.2) is 94.8 Å². The van der Waals surface area contributed by atoms with Crippen molar-refractivity contribution in [3.63, 3.8) is 0 Å². The summed E-state index contributed by atoms with van der Waals surface area (Å²) >= 11 is 0.652. The average Bonchev–Trinajstić information content (AvgIpc) is 3.20. The van der Waals surface area contributed by atoms with Crippen molar-refractivity contribution in [3.8, 4) is 56.8 Å². The van der Waals surface area contributed by atoms with Crippen molar-refractivity contribution in [1.29, 1.82) is 0 Å². The van der Waals surface area contributed by atoms with E-state index in [0.29, 0.717) is 11.3 Å². The minimum Gasteiger partial charge on any atom is -0.504 e. The molecule has 224 valence electrons. The topological polar surface area (TPSA) is 363 Å². The Morgan fingerprint density at radius 1 is 0.756 bits per heavy atom. The molecule has 0 aliphatic rings. The van der Waals surface area contributed by atoms with Gasteiger partial charge in [0.1, 0.15) is 16.9 Å². The predicted molar refractivity (Wildman–Crippen MR) is 133 cm³/mol. The monoisotopic (exact) mass is 604 g/mol. The Balaban J connectivity index is 1.85. The molecule has 19 nitrogen and oxygen atoms in total. The van der Waals surface area contributed by atoms with Crippen molar-refractivity contribution in [3.05, 3.63) is 16.8 Å². The van der Waals surface area contributed by atoms with Gasteiger partial charge in [0.15, 0.2) is 44.7 Å². The Morgan fingerprint density at radius 3 is 1.71 bits per heavy atom. The van der Waals surface area contributed by atoms with Gasteiger partial charge in [0.25, 0.3) is 0 Å². The number of rotatable bonds is 9. The number of thiazole rings is 1. The fourth-order valence-corrected chi connectivity index (χ4v) is 4.16. The zero-order chi connectivity index (χ0) is 31.2. The minimum atomic E-state index is -3.55. The molecule has 3 aromatic rings. The molecular formula is C21H24N4O15S. The van der Waals surface area contributed by atoms with Crippen LogP contribution in [-0.2, 0) is 23.4 Å². The number of carbonyl (C=O) groups excluding carboxylic acids is 1. The highest BCUT2D eigenvalue weighted by molar-refractivity contribution is 7.17. The van der Waals surface area contributed by atoms with Gasteiger partial charge in [-0.15, -0.1) is 0 Å². The molecule has 0 aliphatic heterocycles. The summed E-state index contributed by atoms with van der Waals surface area (Å²) in [6.07, 6.45) is -1.95. The first-order valence-corrected chi connectivity index (χ1v) is 11.7. The molecule has 2 aromatic carbocycles. The van der Waals surface area contributed by atoms with Crippen molar-refractivity contribution >= 4 is 28.1 Å². The number of carbonyl (C=O) groups is 1. The summed E-state index contributed by atoms with van der Waals surface area (Å²) in [5.41, 5.74) is 1.89. The number of aliphatic hydroxyl groups is 4. The van der Waals surface area contributed by atoms with Crippen LogP contribution < -0.4 is 16.4 Å². The van der Waals surface area contributed by atoms with Gasteiger partial charge in [-0.3, -0.25) is 10.1 Å². The fraction of sp³-hybridized carbons (Fsp3) is 0.238. The maximum atomic E-state index is 12.3. The Kier molecular flexibility index (Phi) is 7.94. The van der Waals surface area contributed by atoms with Gasteiger partial charge in [0.2, 0.25) is 34.9 Å². The Bertz CT molecular complexity index is 1460. The van der Waals surface area contributed by atoms with E-state index in [1.807, 2.05) is 5.32 Å². The number of hydrogen-bond acceptors (Lipinski definition) is 19. The summed E-state index contributed by atoms with van der Waals surface area (Å²) in [5.74, 6) is -20.3. The highest BCUT2D eigenvalue weighted by atomic mass is 32.1. The predicted octanol–water partition coefficient (Wildman–Crippen LogP) is -2.43. The SMILES string of the molecule is Nc1nc(CC(=O)Nc2c(O)c(O)c(C(O)(O)CNC(O)(O)Cc3c(O)c(O)c(O)c(O)c3O)c(O)c2O)c(O)s1. The van der Waals surface area contributed by atoms with E-state index < -0.39 is 111 Å². The highest BCUT2D eigenvalue weighted by Gasteiger charge is 2.40. The maximum Gasteiger partial charge on any atom is 0.230 e. The number of nitrogens with zero attached hydrogens (tertiary/aromatic N) is 1. The number of benzene rings is 2. The van der Waals surface area contributed by atoms with Crippen LogP contribution in [0.1, 0.15) is 16.8 Å². The molecule has 0 aliphatic carbocycles. The van der Waals surface area contributed by atoms with Crippen molar-refractivity contribution < 1.29 is 76.3 Å². The van der Waals surface area contributed by atoms with Crippen LogP contribution in [0.5, 0.6) is 56.8 Å². The molecule has 0 atom stereocenters. The van der Waals surface area contributed by atoms with E-state index in [4.69, 9.17) is 5.73 Å². The minimum absolute atomic E-state index is 0.0748. The van der Waals surface area contributed by atoms with Crippen LogP contribution in [0.25, 0.3) is 0 Å². The first-order chi connectivity index (χ1) is 18.8. The number of amides is 1. The van der Waals surface area contributed by atoms with E-state index in [0.717, 1.165) is 0 Å². The number of nitrogens with two attached hydrogens (primary N) is 1. The van der Waals surface area contributed by atoms with E-state index in [1.54, 1.807) is 5.32 Å². The molecule has 3 rings (SSSR count). The Morgan fingerprint density at radius 2 is 1.24 bits per heavy atom. The third-order valence-electron chi connectivity index (χ3n) is 5.59. The molecule has 1 heterocycles. The van der Waals surface area contributed by atoms with Gasteiger partial charge in [0, 0.05) is 6.42 Å². The first kappa shape index (κ1) is 30.7. The van der Waals surface area contributed by atoms with Gasteiger partial charge in [0.05, 0.1) is 18.5 Å². The van der Waals surface area contributed by atoms with Gasteiger partial charge >= 0.3 is 0 Å². The van der Waals surface area contributed by atoms with Crippen molar-refractivity contribution in [2.45, 2.75) is 24.5 Å². The molecular weight excluding hydrogens is 580 g/mol. The third kappa shape index (κ3) is 5.86. The molecule has 0 unspecified atom stereocenters. The van der Waals surface area contributed by atoms with Crippen molar-refractivity contribution in [2.24, 2.45) is 0 Å². The number of nitrogen functional groups attached to an aromatic ring is 1. The first-order valence-electron chi connectivity index (χ1n) is 10.9. The molecule has 18 N–H and O–H groups in total. The number of aromatic hydroxyl groups is 10. The maximum absolute atomic E-state index is 12.3. The molecule has 41 heavy (non-hydrogen) atoms. The number of phenols is 9. The molecule has 1 amide bonds. The van der Waals surface area contributed by atoms with Crippen molar-refractivity contribution in [2.75, 3.05) is 17.6 Å². The number of anilines is 2. The van der Waals surface area contributed by atoms with Gasteiger partial charge in [-0.05, 0) is 0 Å². The zero-order valence-corrected chi connectivity index (χ0v) is 21.0. The smallest absolute Gasteiger partial charge is 0.230 e. The number of hydrogen-bond donors (Lipinski definition) is 17. The van der Waals surface area contributed by atoms with E-state index in [9.17, 15) is 76.3 Å². The van der Waals surface area contributed by atoms with Crippen LogP contribution in [0.4, 0.5) is 10.8 Å². The van der Waals surface area contributed by atoms with E-state index in [1.165, 1.54) is 0 Å². The summed E-state index contributed by atoms with van der Waals surface area (Å²) < 4.78 is 0. The second-order valence-corrected chi connectivity index (χ2v) is 9.57. The molecule has 0 spiro atoms. The molecule has 0 saturated carbocycles. The Labute approximate surface area is 230 Å². The van der Waals surface area contributed by atoms with Gasteiger partial charge in [-0.1, -0.05) is 11.3 Å². The van der Waals surface area contributed by atoms with E-state index in [-0.39, 0.29) is 10.8 Å². The largest absolute Gasteiger partial charge is 0.504 e. The van der Waals surface area contributed by atoms with Crippen LogP contribution in [0.2, 0.25) is 0 Å². The third-order valence-corrected chi connectivity index (χ3v) is 6.32. The highest BCUT2D eigenvalue weighted by Crippen LogP contribution is 2.53. The van der Waals surface area contributed by atoms with Crippen LogP contribution >= 0.6 is 11.3 Å². The van der Waals surface area contributed by atoms with E-state index in [2.05, 4.69) is 4.98 Å². The Hall–Kier alpha value is -4.86. The number of phenolic OH excluding ortho intramolecular Hbond substituents is 9. The van der Waals surface area contributed by atoms with Crippen LogP contribution in [0.3, 0.4) is 0 Å². The summed E-state index contributed by atoms with van der Waals surface area (Å²) in [6, 6.07) is 0. The van der Waals surface area contributed by atoms with Crippen LogP contribution in [0, 0.1) is 0 Å². The summed E-state index contributed by atoms with van der Waals surface area (Å²) in [6.45, 7) is -1.45. The van der Waals surface area contributed by atoms with Gasteiger partial charge in [-0.25, -0.2) is 4.98 Å². The molecule has 0 bridgehead atoms. The lowest BCUT2D eigenvalue weighted by Gasteiger charge is -2.30. The standard InChI is InChI=1S/C21H24N4O15S/c22-19-24-5(18(36)41-19)1-6(26)25-8-13(31)11(29)7(12(30)14(8)32)20(37,38)3-23-21(39,40)2-4-9(27)15(33)17(35)16(34)10(4)28/h23,27-40H,1-3H2,(H2,22,24)(H,25,26). The van der Waals surface area contributed by atoms with Gasteiger partial charge < -0.3 is 82.5 Å². The second kappa shape index (κ2) is 10.6. The molecule has 1 aromatic heterocycles. The number of nitrogens with one attached hydrogen (secondary N) is 2. The molecule has 0 fully saturated rings. The second-order valence-electron chi connectivity index (χ2n) is 8.56. The number of aromatic nitrogens is 1. The molecule has 20 heteroatoms. The average molecular weight is 605 g/mol. The quantitative estimate of drug-likeness (QED) is 0.0685. The summed E-state index contributed by atoms with van der Waals surface area (Å²) in [5, 5.41) is 144.